The number of piperazine rings is 1. The topological polar surface area (TPSA) is 50.7 Å². The molecule has 1 saturated heterocycles. The Labute approximate surface area is 146 Å². The Balaban J connectivity index is 1.41. The molecule has 0 N–H and O–H groups in total. The summed E-state index contributed by atoms with van der Waals surface area (Å²) in [5, 5.41) is 1.04. The summed E-state index contributed by atoms with van der Waals surface area (Å²) in [5.74, 6) is 2.67. The second-order valence-corrected chi connectivity index (χ2v) is 6.91. The smallest absolute Gasteiger partial charge is 0.205 e. The third-order valence-corrected chi connectivity index (χ3v) is 5.28. The second kappa shape index (κ2) is 6.94. The molecular formula is C17H22N4O2S. The average Bonchev–Trinajstić information content (AvgIpc) is 2.89. The molecular weight excluding hydrogens is 324 g/mol. The zero-order chi connectivity index (χ0) is 16.4. The number of hydrogen-bond acceptors (Lipinski definition) is 7. The lowest BCUT2D eigenvalue weighted by Crippen LogP contribution is -2.46. The Kier molecular flexibility index (Phi) is 4.53. The predicted octanol–water partition coefficient (Wildman–Crippen LogP) is 2.33. The molecule has 0 radical (unpaired) electrons. The van der Waals surface area contributed by atoms with Gasteiger partial charge in [0.25, 0.3) is 0 Å². The fourth-order valence-corrected chi connectivity index (χ4v) is 3.86. The molecule has 0 amide bonds. The van der Waals surface area contributed by atoms with Crippen LogP contribution in [0.3, 0.4) is 0 Å². The molecule has 0 aliphatic carbocycles. The van der Waals surface area contributed by atoms with Gasteiger partial charge in [-0.1, -0.05) is 12.1 Å². The number of hydrogen-bond donors (Lipinski definition) is 0. The molecule has 1 aromatic heterocycles. The fourth-order valence-electron chi connectivity index (χ4n) is 3.13. The molecule has 7 heteroatoms. The summed E-state index contributed by atoms with van der Waals surface area (Å²) in [6.07, 6.45) is 0.939. The molecule has 2 aliphatic rings. The van der Waals surface area contributed by atoms with E-state index in [1.54, 1.807) is 0 Å². The predicted molar refractivity (Wildman–Crippen MR) is 94.2 cm³/mol. The van der Waals surface area contributed by atoms with Crippen LogP contribution in [0.25, 0.3) is 0 Å². The van der Waals surface area contributed by atoms with Gasteiger partial charge in [0.15, 0.2) is 11.5 Å². The normalized spacial score (nSPS) is 18.5. The third kappa shape index (κ3) is 3.32. The van der Waals surface area contributed by atoms with Crippen LogP contribution in [0.5, 0.6) is 11.5 Å². The van der Waals surface area contributed by atoms with Crippen molar-refractivity contribution in [3.8, 4) is 11.5 Å². The van der Waals surface area contributed by atoms with Crippen LogP contribution in [0.1, 0.15) is 17.8 Å². The summed E-state index contributed by atoms with van der Waals surface area (Å²) in [7, 11) is 0. The van der Waals surface area contributed by atoms with E-state index in [1.165, 1.54) is 17.1 Å². The molecule has 2 aliphatic heterocycles. The van der Waals surface area contributed by atoms with E-state index in [-0.39, 0.29) is 0 Å². The highest BCUT2D eigenvalue weighted by Crippen LogP contribution is 2.34. The van der Waals surface area contributed by atoms with Crippen molar-refractivity contribution >= 4 is 16.7 Å². The largest absolute Gasteiger partial charge is 0.490 e. The van der Waals surface area contributed by atoms with E-state index in [0.29, 0.717) is 0 Å². The first-order chi connectivity index (χ1) is 11.8. The van der Waals surface area contributed by atoms with Crippen LogP contribution in [0.2, 0.25) is 0 Å². The molecule has 24 heavy (non-hydrogen) atoms. The first-order valence-corrected chi connectivity index (χ1v) is 9.22. The molecule has 0 atom stereocenters. The van der Waals surface area contributed by atoms with Crippen molar-refractivity contribution in [2.45, 2.75) is 19.9 Å². The average molecular weight is 346 g/mol. The molecule has 0 spiro atoms. The van der Waals surface area contributed by atoms with Crippen LogP contribution in [-0.4, -0.2) is 53.7 Å². The lowest BCUT2D eigenvalue weighted by molar-refractivity contribution is 0.242. The number of para-hydroxylation sites is 1. The monoisotopic (exact) mass is 346 g/mol. The Hall–Kier alpha value is -1.86. The minimum absolute atomic E-state index is 0.730. The van der Waals surface area contributed by atoms with Crippen LogP contribution in [0.4, 0.5) is 5.13 Å². The maximum atomic E-state index is 5.94. The highest BCUT2D eigenvalue weighted by molar-refractivity contribution is 7.09. The number of aryl methyl sites for hydroxylation is 1. The van der Waals surface area contributed by atoms with Gasteiger partial charge in [0.1, 0.15) is 5.82 Å². The van der Waals surface area contributed by atoms with Crippen molar-refractivity contribution in [3.05, 3.63) is 29.6 Å². The van der Waals surface area contributed by atoms with Crippen molar-refractivity contribution in [3.63, 3.8) is 0 Å². The van der Waals surface area contributed by atoms with Gasteiger partial charge in [-0.05, 0) is 13.0 Å². The van der Waals surface area contributed by atoms with Crippen molar-refractivity contribution in [1.82, 2.24) is 14.3 Å². The van der Waals surface area contributed by atoms with E-state index >= 15 is 0 Å². The van der Waals surface area contributed by atoms with Crippen molar-refractivity contribution in [2.24, 2.45) is 0 Å². The summed E-state index contributed by atoms with van der Waals surface area (Å²) in [4.78, 5) is 9.28. The number of fused-ring (bicyclic) bond motifs is 1. The minimum atomic E-state index is 0.730. The molecule has 128 valence electrons. The number of nitrogens with zero attached hydrogens (tertiary/aromatic N) is 4. The lowest BCUT2D eigenvalue weighted by atomic mass is 10.1. The lowest BCUT2D eigenvalue weighted by Gasteiger charge is -2.34. The quantitative estimate of drug-likeness (QED) is 0.850. The number of aromatic nitrogens is 2. The van der Waals surface area contributed by atoms with E-state index in [4.69, 9.17) is 9.47 Å². The first kappa shape index (κ1) is 15.7. The molecule has 1 aromatic carbocycles. The second-order valence-electron chi connectivity index (χ2n) is 6.18. The van der Waals surface area contributed by atoms with Gasteiger partial charge >= 0.3 is 0 Å². The van der Waals surface area contributed by atoms with Gasteiger partial charge in [-0.25, -0.2) is 4.98 Å². The minimum Gasteiger partial charge on any atom is -0.490 e. The highest BCUT2D eigenvalue weighted by atomic mass is 32.1. The Morgan fingerprint density at radius 2 is 1.96 bits per heavy atom. The Morgan fingerprint density at radius 3 is 2.75 bits per heavy atom. The first-order valence-electron chi connectivity index (χ1n) is 8.45. The van der Waals surface area contributed by atoms with Gasteiger partial charge in [-0.3, -0.25) is 4.90 Å². The molecule has 6 nitrogen and oxygen atoms in total. The van der Waals surface area contributed by atoms with E-state index in [2.05, 4.69) is 31.3 Å². The van der Waals surface area contributed by atoms with Crippen molar-refractivity contribution < 1.29 is 9.47 Å². The van der Waals surface area contributed by atoms with E-state index in [9.17, 15) is 0 Å². The van der Waals surface area contributed by atoms with Crippen molar-refractivity contribution in [1.29, 1.82) is 0 Å². The van der Waals surface area contributed by atoms with Crippen LogP contribution in [0, 0.1) is 6.92 Å². The molecule has 4 rings (SSSR count). The highest BCUT2D eigenvalue weighted by Gasteiger charge is 2.22. The van der Waals surface area contributed by atoms with Crippen LogP contribution >= 0.6 is 11.5 Å². The van der Waals surface area contributed by atoms with E-state index in [1.807, 2.05) is 13.0 Å². The van der Waals surface area contributed by atoms with Gasteiger partial charge in [-0.15, -0.1) is 0 Å². The van der Waals surface area contributed by atoms with Crippen LogP contribution < -0.4 is 14.4 Å². The van der Waals surface area contributed by atoms with Crippen LogP contribution in [0.15, 0.2) is 18.2 Å². The Bertz CT molecular complexity index is 698. The fraction of sp³-hybridized carbons (Fsp3) is 0.529. The van der Waals surface area contributed by atoms with Gasteiger partial charge in [-0.2, -0.15) is 4.37 Å². The molecule has 0 unspecified atom stereocenters. The van der Waals surface area contributed by atoms with E-state index < -0.39 is 0 Å². The number of ether oxygens (including phenoxy) is 2. The van der Waals surface area contributed by atoms with Crippen LogP contribution in [-0.2, 0) is 6.54 Å². The number of anilines is 1. The summed E-state index contributed by atoms with van der Waals surface area (Å²) in [6.45, 7) is 8.31. The SMILES string of the molecule is Cc1nsc(N2CCN(Cc3cccc4c3OCCCO4)CC2)n1. The molecule has 2 aromatic rings. The van der Waals surface area contributed by atoms with Gasteiger partial charge in [0.05, 0.1) is 13.2 Å². The molecule has 1 fully saturated rings. The van der Waals surface area contributed by atoms with Crippen molar-refractivity contribution in [2.75, 3.05) is 44.3 Å². The molecule has 0 bridgehead atoms. The maximum Gasteiger partial charge on any atom is 0.205 e. The van der Waals surface area contributed by atoms with E-state index in [0.717, 1.165) is 74.8 Å². The number of rotatable bonds is 3. The summed E-state index contributed by atoms with van der Waals surface area (Å²) >= 11 is 1.49. The van der Waals surface area contributed by atoms with Gasteiger partial charge < -0.3 is 14.4 Å². The maximum absolute atomic E-state index is 5.94. The Morgan fingerprint density at radius 1 is 1.12 bits per heavy atom. The zero-order valence-electron chi connectivity index (χ0n) is 13.9. The molecule has 0 saturated carbocycles. The van der Waals surface area contributed by atoms with Gasteiger partial charge in [0, 0.05) is 56.2 Å². The summed E-state index contributed by atoms with van der Waals surface area (Å²) in [5.41, 5.74) is 1.22. The third-order valence-electron chi connectivity index (χ3n) is 4.41. The zero-order valence-corrected chi connectivity index (χ0v) is 14.7. The van der Waals surface area contributed by atoms with Gasteiger partial charge in [0.2, 0.25) is 5.13 Å². The number of benzene rings is 1. The standard InChI is InChI=1S/C17H22N4O2S/c1-13-18-17(24-19-13)21-8-6-20(7-9-21)12-14-4-2-5-15-16(14)23-11-3-10-22-15/h2,4-5H,3,6-12H2,1H3. The summed E-state index contributed by atoms with van der Waals surface area (Å²) < 4.78 is 16.0. The molecule has 3 heterocycles. The summed E-state index contributed by atoms with van der Waals surface area (Å²) in [6, 6.07) is 6.21.